The van der Waals surface area contributed by atoms with Gasteiger partial charge in [0.15, 0.2) is 10.8 Å². The first-order valence-corrected chi connectivity index (χ1v) is 8.90. The first-order chi connectivity index (χ1) is 11.7. The van der Waals surface area contributed by atoms with Crippen LogP contribution in [0.25, 0.3) is 10.8 Å². The van der Waals surface area contributed by atoms with Crippen LogP contribution in [0.3, 0.4) is 0 Å². The lowest BCUT2D eigenvalue weighted by molar-refractivity contribution is -0.120. The van der Waals surface area contributed by atoms with Crippen molar-refractivity contribution in [2.45, 2.75) is 13.0 Å². The van der Waals surface area contributed by atoms with Gasteiger partial charge in [0.25, 0.3) is 0 Å². The summed E-state index contributed by atoms with van der Waals surface area (Å²) in [6, 6.07) is 9.35. The number of benzene rings is 1. The second-order valence-electron chi connectivity index (χ2n) is 5.03. The third-order valence-electron chi connectivity index (χ3n) is 3.34. The fourth-order valence-corrected chi connectivity index (χ4v) is 3.40. The van der Waals surface area contributed by atoms with Gasteiger partial charge in [0.2, 0.25) is 5.91 Å². The lowest BCUT2D eigenvalue weighted by Gasteiger charge is -2.10. The highest BCUT2D eigenvalue weighted by Gasteiger charge is 2.11. The Hall–Kier alpha value is -2.12. The van der Waals surface area contributed by atoms with E-state index in [-0.39, 0.29) is 12.3 Å². The summed E-state index contributed by atoms with van der Waals surface area (Å²) in [6.45, 7) is 0.399. The zero-order valence-electron chi connectivity index (χ0n) is 12.9. The fourth-order valence-electron chi connectivity index (χ4n) is 2.21. The molecule has 5 nitrogen and oxygen atoms in total. The van der Waals surface area contributed by atoms with E-state index in [0.29, 0.717) is 12.3 Å². The van der Waals surface area contributed by atoms with Gasteiger partial charge in [-0.25, -0.2) is 4.98 Å². The predicted octanol–water partition coefficient (Wildman–Crippen LogP) is 4.03. The molecule has 0 radical (unpaired) electrons. The third-order valence-corrected chi connectivity index (χ3v) is 4.74. The predicted molar refractivity (Wildman–Crippen MR) is 96.1 cm³/mol. The van der Waals surface area contributed by atoms with Gasteiger partial charge in [-0.1, -0.05) is 15.9 Å². The van der Waals surface area contributed by atoms with Crippen LogP contribution >= 0.6 is 27.3 Å². The number of hydrogen-bond acceptors (Lipinski definition) is 5. The van der Waals surface area contributed by atoms with Gasteiger partial charge in [0, 0.05) is 22.0 Å². The van der Waals surface area contributed by atoms with E-state index in [0.717, 1.165) is 26.5 Å². The summed E-state index contributed by atoms with van der Waals surface area (Å²) in [6.07, 6.45) is 1.84. The van der Waals surface area contributed by atoms with Crippen molar-refractivity contribution in [2.24, 2.45) is 0 Å². The molecule has 0 unspecified atom stereocenters. The number of ether oxygens (including phenoxy) is 1. The van der Waals surface area contributed by atoms with E-state index >= 15 is 0 Å². The second kappa shape index (κ2) is 7.63. The molecule has 0 aliphatic heterocycles. The highest BCUT2D eigenvalue weighted by atomic mass is 79.9. The number of carbonyl (C=O) groups excluding carboxylic acids is 1. The highest BCUT2D eigenvalue weighted by Crippen LogP contribution is 2.24. The molecular weight excluding hydrogens is 392 g/mol. The summed E-state index contributed by atoms with van der Waals surface area (Å²) in [5, 5.41) is 5.54. The van der Waals surface area contributed by atoms with Crippen LogP contribution in [-0.2, 0) is 17.8 Å². The average molecular weight is 407 g/mol. The molecule has 24 heavy (non-hydrogen) atoms. The van der Waals surface area contributed by atoms with E-state index in [4.69, 9.17) is 9.15 Å². The minimum Gasteiger partial charge on any atom is -0.496 e. The average Bonchev–Trinajstić information content (AvgIpc) is 3.24. The highest BCUT2D eigenvalue weighted by molar-refractivity contribution is 9.10. The van der Waals surface area contributed by atoms with Gasteiger partial charge in [-0.3, -0.25) is 4.79 Å². The summed E-state index contributed by atoms with van der Waals surface area (Å²) < 4.78 is 11.6. The molecule has 3 aromatic rings. The number of halogens is 1. The second-order valence-corrected chi connectivity index (χ2v) is 6.80. The summed E-state index contributed by atoms with van der Waals surface area (Å²) in [5.41, 5.74) is 1.64. The van der Waals surface area contributed by atoms with Crippen LogP contribution in [0.1, 0.15) is 11.3 Å². The molecule has 1 aromatic carbocycles. The Balaban J connectivity index is 1.59. The Morgan fingerprint density at radius 2 is 2.29 bits per heavy atom. The normalized spacial score (nSPS) is 10.6. The molecule has 2 heterocycles. The largest absolute Gasteiger partial charge is 0.496 e. The number of nitrogens with zero attached hydrogens (tertiary/aromatic N) is 1. The molecule has 1 amide bonds. The smallest absolute Gasteiger partial charge is 0.226 e. The van der Waals surface area contributed by atoms with Crippen molar-refractivity contribution in [2.75, 3.05) is 7.11 Å². The third kappa shape index (κ3) is 4.04. The zero-order chi connectivity index (χ0) is 16.9. The lowest BCUT2D eigenvalue weighted by atomic mass is 10.2. The van der Waals surface area contributed by atoms with Gasteiger partial charge < -0.3 is 14.5 Å². The van der Waals surface area contributed by atoms with Gasteiger partial charge in [-0.05, 0) is 30.3 Å². The van der Waals surface area contributed by atoms with Crippen molar-refractivity contribution in [3.8, 4) is 16.5 Å². The number of hydrogen-bond donors (Lipinski definition) is 1. The van der Waals surface area contributed by atoms with E-state index in [1.165, 1.54) is 11.3 Å². The molecule has 0 saturated carbocycles. The van der Waals surface area contributed by atoms with Crippen molar-refractivity contribution >= 4 is 33.2 Å². The molecule has 1 N–H and O–H groups in total. The summed E-state index contributed by atoms with van der Waals surface area (Å²) in [7, 11) is 1.61. The number of aromatic nitrogens is 1. The first kappa shape index (κ1) is 16.7. The summed E-state index contributed by atoms with van der Waals surface area (Å²) in [4.78, 5) is 16.6. The number of nitrogens with one attached hydrogen (secondary N) is 1. The molecule has 0 aliphatic rings. The van der Waals surface area contributed by atoms with Crippen LogP contribution < -0.4 is 10.1 Å². The Morgan fingerprint density at radius 3 is 3.04 bits per heavy atom. The molecular formula is C17H15BrN2O3S. The van der Waals surface area contributed by atoms with Crippen LogP contribution in [0.2, 0.25) is 0 Å². The van der Waals surface area contributed by atoms with Gasteiger partial charge >= 0.3 is 0 Å². The standard InChI is InChI=1S/C17H15BrN2O3S/c1-22-14-5-4-12(18)7-11(14)9-19-16(21)8-13-10-24-17(20-13)15-3-2-6-23-15/h2-7,10H,8-9H2,1H3,(H,19,21). The van der Waals surface area contributed by atoms with Crippen LogP contribution in [0.15, 0.2) is 50.9 Å². The van der Waals surface area contributed by atoms with E-state index in [1.807, 2.05) is 35.7 Å². The molecule has 0 fully saturated rings. The van der Waals surface area contributed by atoms with E-state index in [9.17, 15) is 4.79 Å². The van der Waals surface area contributed by atoms with Gasteiger partial charge in [0.05, 0.1) is 25.5 Å². The van der Waals surface area contributed by atoms with Gasteiger partial charge in [0.1, 0.15) is 5.75 Å². The number of thiazole rings is 1. The first-order valence-electron chi connectivity index (χ1n) is 7.23. The molecule has 0 aliphatic carbocycles. The van der Waals surface area contributed by atoms with Crippen LogP contribution in [-0.4, -0.2) is 18.0 Å². The van der Waals surface area contributed by atoms with E-state index in [1.54, 1.807) is 13.4 Å². The van der Waals surface area contributed by atoms with Gasteiger partial charge in [-0.15, -0.1) is 11.3 Å². The van der Waals surface area contributed by atoms with Crippen molar-refractivity contribution in [1.82, 2.24) is 10.3 Å². The van der Waals surface area contributed by atoms with Crippen LogP contribution in [0, 0.1) is 0 Å². The molecule has 0 spiro atoms. The van der Waals surface area contributed by atoms with Crippen molar-refractivity contribution in [3.05, 3.63) is 57.7 Å². The maximum absolute atomic E-state index is 12.1. The zero-order valence-corrected chi connectivity index (χ0v) is 15.3. The van der Waals surface area contributed by atoms with Crippen molar-refractivity contribution < 1.29 is 13.9 Å². The molecule has 2 aromatic heterocycles. The molecule has 124 valence electrons. The molecule has 0 bridgehead atoms. The number of amides is 1. The van der Waals surface area contributed by atoms with E-state index in [2.05, 4.69) is 26.2 Å². The number of rotatable bonds is 6. The molecule has 0 saturated heterocycles. The SMILES string of the molecule is COc1ccc(Br)cc1CNC(=O)Cc1csc(-c2ccco2)n1. The number of methoxy groups -OCH3 is 1. The summed E-state index contributed by atoms with van der Waals surface area (Å²) in [5.74, 6) is 1.37. The Bertz CT molecular complexity index is 830. The van der Waals surface area contributed by atoms with E-state index < -0.39 is 0 Å². The fraction of sp³-hybridized carbons (Fsp3) is 0.176. The van der Waals surface area contributed by atoms with Crippen LogP contribution in [0.5, 0.6) is 5.75 Å². The monoisotopic (exact) mass is 406 g/mol. The quantitative estimate of drug-likeness (QED) is 0.670. The number of carbonyl (C=O) groups is 1. The maximum Gasteiger partial charge on any atom is 0.226 e. The number of furan rings is 1. The maximum atomic E-state index is 12.1. The Kier molecular flexibility index (Phi) is 5.32. The van der Waals surface area contributed by atoms with Gasteiger partial charge in [-0.2, -0.15) is 0 Å². The Labute approximate surface area is 151 Å². The van der Waals surface area contributed by atoms with Crippen LogP contribution in [0.4, 0.5) is 0 Å². The topological polar surface area (TPSA) is 64.4 Å². The summed E-state index contributed by atoms with van der Waals surface area (Å²) >= 11 is 4.88. The molecule has 0 atom stereocenters. The van der Waals surface area contributed by atoms with Crippen molar-refractivity contribution in [1.29, 1.82) is 0 Å². The minimum atomic E-state index is -0.0895. The Morgan fingerprint density at radius 1 is 1.42 bits per heavy atom. The molecule has 7 heteroatoms. The molecule has 3 rings (SSSR count). The van der Waals surface area contributed by atoms with Crippen molar-refractivity contribution in [3.63, 3.8) is 0 Å². The lowest BCUT2D eigenvalue weighted by Crippen LogP contribution is -2.24. The minimum absolute atomic E-state index is 0.0895.